The van der Waals surface area contributed by atoms with Gasteiger partial charge in [-0.25, -0.2) is 0 Å². The van der Waals surface area contributed by atoms with Gasteiger partial charge in [0, 0.05) is 36.5 Å². The predicted octanol–water partition coefficient (Wildman–Crippen LogP) is 4.90. The van der Waals surface area contributed by atoms with Gasteiger partial charge in [0.15, 0.2) is 0 Å². The first-order valence-electron chi connectivity index (χ1n) is 10.8. The summed E-state index contributed by atoms with van der Waals surface area (Å²) < 4.78 is 0. The van der Waals surface area contributed by atoms with E-state index < -0.39 is 5.91 Å². The SMILES string of the molecule is C=C/C=C(\C(=C)C(C)C)c1ccc(C2CCN(C=O)C2)c(C(N)=O)c1.Cc1ccccn1. The molecule has 3 rings (SSSR count). The van der Waals surface area contributed by atoms with Crippen LogP contribution in [-0.2, 0) is 4.79 Å². The Morgan fingerprint density at radius 2 is 2.03 bits per heavy atom. The zero-order valence-corrected chi connectivity index (χ0v) is 19.3. The minimum absolute atomic E-state index is 0.141. The molecule has 1 unspecified atom stereocenters. The second-order valence-corrected chi connectivity index (χ2v) is 8.22. The monoisotopic (exact) mass is 431 g/mol. The Morgan fingerprint density at radius 3 is 2.50 bits per heavy atom. The van der Waals surface area contributed by atoms with Gasteiger partial charge in [-0.05, 0) is 59.7 Å². The molecule has 1 aromatic heterocycles. The molecule has 32 heavy (non-hydrogen) atoms. The zero-order valence-electron chi connectivity index (χ0n) is 19.3. The molecule has 1 aliphatic heterocycles. The number of aryl methyl sites for hydroxylation is 1. The lowest BCUT2D eigenvalue weighted by atomic mass is 9.86. The maximum absolute atomic E-state index is 12.0. The third-order valence-corrected chi connectivity index (χ3v) is 5.58. The van der Waals surface area contributed by atoms with Crippen LogP contribution in [0.3, 0.4) is 0 Å². The van der Waals surface area contributed by atoms with Gasteiger partial charge >= 0.3 is 0 Å². The quantitative estimate of drug-likeness (QED) is 0.500. The number of pyridine rings is 1. The van der Waals surface area contributed by atoms with Crippen molar-refractivity contribution in [2.75, 3.05) is 13.1 Å². The number of primary amides is 1. The number of nitrogens with two attached hydrogens (primary N) is 1. The largest absolute Gasteiger partial charge is 0.366 e. The fraction of sp³-hybridized carbons (Fsp3) is 0.296. The number of carbonyl (C=O) groups is 2. The average Bonchev–Trinajstić information content (AvgIpc) is 3.26. The van der Waals surface area contributed by atoms with Crippen molar-refractivity contribution in [1.29, 1.82) is 0 Å². The molecule has 1 fully saturated rings. The van der Waals surface area contributed by atoms with Crippen LogP contribution in [0, 0.1) is 12.8 Å². The number of aromatic nitrogens is 1. The van der Waals surface area contributed by atoms with Crippen LogP contribution in [0.1, 0.15) is 53.4 Å². The molecule has 0 radical (unpaired) electrons. The molecule has 1 aliphatic rings. The number of likely N-dealkylation sites (tertiary alicyclic amines) is 1. The molecule has 1 aromatic carbocycles. The standard InChI is InChI=1S/C21H26N2O2.C6H7N/c1-5-6-18(15(4)14(2)3)16-7-8-19(20(11-16)21(22)25)17-9-10-23(12-17)13-24;1-6-4-2-3-5-7-6/h5-8,11,13-14,17H,1,4,9-10,12H2,2-3H3,(H2,22,25);2-5H,1H3/b18-6+;. The molecule has 5 nitrogen and oxygen atoms in total. The van der Waals surface area contributed by atoms with Gasteiger partial charge in [0.2, 0.25) is 12.3 Å². The smallest absolute Gasteiger partial charge is 0.249 e. The van der Waals surface area contributed by atoms with Crippen LogP contribution in [0.5, 0.6) is 0 Å². The van der Waals surface area contributed by atoms with E-state index in [9.17, 15) is 9.59 Å². The van der Waals surface area contributed by atoms with Gasteiger partial charge in [0.25, 0.3) is 0 Å². The van der Waals surface area contributed by atoms with Crippen LogP contribution < -0.4 is 5.73 Å². The number of hydrogen-bond donors (Lipinski definition) is 1. The lowest BCUT2D eigenvalue weighted by Crippen LogP contribution is -2.20. The molecule has 5 heteroatoms. The van der Waals surface area contributed by atoms with Crippen molar-refractivity contribution >= 4 is 17.9 Å². The number of rotatable bonds is 7. The summed E-state index contributed by atoms with van der Waals surface area (Å²) in [5.41, 5.74) is 11.0. The summed E-state index contributed by atoms with van der Waals surface area (Å²) in [5.74, 6) is -0.0321. The summed E-state index contributed by atoms with van der Waals surface area (Å²) >= 11 is 0. The summed E-state index contributed by atoms with van der Waals surface area (Å²) in [5, 5.41) is 0. The van der Waals surface area contributed by atoms with E-state index in [1.165, 1.54) is 0 Å². The molecule has 0 aliphatic carbocycles. The second-order valence-electron chi connectivity index (χ2n) is 8.22. The van der Waals surface area contributed by atoms with Gasteiger partial charge < -0.3 is 10.6 Å². The van der Waals surface area contributed by atoms with Crippen LogP contribution in [-0.4, -0.2) is 35.3 Å². The summed E-state index contributed by atoms with van der Waals surface area (Å²) in [6.45, 7) is 15.4. The lowest BCUT2D eigenvalue weighted by molar-refractivity contribution is -0.117. The van der Waals surface area contributed by atoms with Crippen molar-refractivity contribution in [1.82, 2.24) is 9.88 Å². The van der Waals surface area contributed by atoms with Gasteiger partial charge in [-0.3, -0.25) is 14.6 Å². The third-order valence-electron chi connectivity index (χ3n) is 5.58. The van der Waals surface area contributed by atoms with Gasteiger partial charge in [0.1, 0.15) is 0 Å². The third kappa shape index (κ3) is 6.51. The first-order chi connectivity index (χ1) is 15.3. The van der Waals surface area contributed by atoms with Crippen molar-refractivity contribution in [3.05, 3.63) is 95.9 Å². The molecule has 2 heterocycles. The van der Waals surface area contributed by atoms with Crippen molar-refractivity contribution in [3.8, 4) is 0 Å². The van der Waals surface area contributed by atoms with Crippen LogP contribution >= 0.6 is 0 Å². The highest BCUT2D eigenvalue weighted by Crippen LogP contribution is 2.33. The maximum atomic E-state index is 12.0. The zero-order chi connectivity index (χ0) is 23.7. The van der Waals surface area contributed by atoms with Gasteiger partial charge in [-0.1, -0.05) is 57.4 Å². The Labute approximate surface area is 191 Å². The molecule has 2 aromatic rings. The van der Waals surface area contributed by atoms with E-state index >= 15 is 0 Å². The Hall–Kier alpha value is -3.47. The van der Waals surface area contributed by atoms with Gasteiger partial charge in [0.05, 0.1) is 0 Å². The van der Waals surface area contributed by atoms with E-state index in [-0.39, 0.29) is 11.8 Å². The minimum Gasteiger partial charge on any atom is -0.366 e. The Bertz CT molecular complexity index is 993. The highest BCUT2D eigenvalue weighted by atomic mass is 16.1. The molecule has 1 atom stereocenters. The number of allylic oxidation sites excluding steroid dienone is 4. The topological polar surface area (TPSA) is 76.3 Å². The van der Waals surface area contributed by atoms with E-state index in [0.717, 1.165) is 40.8 Å². The number of hydrogen-bond acceptors (Lipinski definition) is 3. The van der Waals surface area contributed by atoms with Gasteiger partial charge in [-0.2, -0.15) is 0 Å². The van der Waals surface area contributed by atoms with Crippen LogP contribution in [0.25, 0.3) is 5.57 Å². The molecule has 2 N–H and O–H groups in total. The second kappa shape index (κ2) is 11.8. The first-order valence-corrected chi connectivity index (χ1v) is 10.8. The minimum atomic E-state index is -0.450. The molecule has 168 valence electrons. The van der Waals surface area contributed by atoms with Crippen molar-refractivity contribution in [3.63, 3.8) is 0 Å². The van der Waals surface area contributed by atoms with Crippen LogP contribution in [0.4, 0.5) is 0 Å². The van der Waals surface area contributed by atoms with Crippen molar-refractivity contribution in [2.45, 2.75) is 33.1 Å². The summed E-state index contributed by atoms with van der Waals surface area (Å²) in [6, 6.07) is 11.6. The van der Waals surface area contributed by atoms with E-state index in [1.807, 2.05) is 49.4 Å². The van der Waals surface area contributed by atoms with Crippen molar-refractivity contribution < 1.29 is 9.59 Å². The fourth-order valence-corrected chi connectivity index (χ4v) is 3.70. The predicted molar refractivity (Wildman–Crippen MR) is 131 cm³/mol. The van der Waals surface area contributed by atoms with Crippen LogP contribution in [0.2, 0.25) is 0 Å². The molecule has 0 spiro atoms. The Morgan fingerprint density at radius 1 is 1.28 bits per heavy atom. The molecule has 0 saturated carbocycles. The highest BCUT2D eigenvalue weighted by Gasteiger charge is 2.26. The lowest BCUT2D eigenvalue weighted by Gasteiger charge is -2.18. The Balaban J connectivity index is 0.000000439. The average molecular weight is 432 g/mol. The van der Waals surface area contributed by atoms with Gasteiger partial charge in [-0.15, -0.1) is 0 Å². The highest BCUT2D eigenvalue weighted by molar-refractivity contribution is 5.96. The van der Waals surface area contributed by atoms with E-state index in [1.54, 1.807) is 17.2 Å². The normalized spacial score (nSPS) is 15.7. The molecule has 2 amide bonds. The molecule has 0 bridgehead atoms. The fourth-order valence-electron chi connectivity index (χ4n) is 3.70. The summed E-state index contributed by atoms with van der Waals surface area (Å²) in [7, 11) is 0. The Kier molecular flexibility index (Phi) is 9.14. The first kappa shape index (κ1) is 24.8. The van der Waals surface area contributed by atoms with Crippen LogP contribution in [0.15, 0.2) is 73.5 Å². The number of benzene rings is 1. The van der Waals surface area contributed by atoms with E-state index in [0.29, 0.717) is 18.7 Å². The van der Waals surface area contributed by atoms with E-state index in [2.05, 4.69) is 32.0 Å². The van der Waals surface area contributed by atoms with Crippen molar-refractivity contribution in [2.24, 2.45) is 11.7 Å². The molecule has 1 saturated heterocycles. The molecular formula is C27H33N3O2. The van der Waals surface area contributed by atoms with E-state index in [4.69, 9.17) is 5.73 Å². The summed E-state index contributed by atoms with van der Waals surface area (Å²) in [4.78, 5) is 28.7. The summed E-state index contributed by atoms with van der Waals surface area (Å²) in [6.07, 6.45) is 7.11. The number of carbonyl (C=O) groups excluding carboxylic acids is 2. The molecular weight excluding hydrogens is 398 g/mol. The number of amides is 2. The maximum Gasteiger partial charge on any atom is 0.249 e. The number of nitrogens with zero attached hydrogens (tertiary/aromatic N) is 2.